The Balaban J connectivity index is 2.04. The minimum absolute atomic E-state index is 0.884. The van der Waals surface area contributed by atoms with Gasteiger partial charge in [-0.05, 0) is 67.9 Å². The van der Waals surface area contributed by atoms with Crippen LogP contribution in [0.25, 0.3) is 0 Å². The van der Waals surface area contributed by atoms with Gasteiger partial charge in [-0.3, -0.25) is 0 Å². The van der Waals surface area contributed by atoms with Crippen LogP contribution in [0.3, 0.4) is 0 Å². The van der Waals surface area contributed by atoms with E-state index in [-0.39, 0.29) is 0 Å². The van der Waals surface area contributed by atoms with Gasteiger partial charge in [-0.1, -0.05) is 83.1 Å². The second-order valence-corrected chi connectivity index (χ2v) is 8.89. The van der Waals surface area contributed by atoms with Crippen LogP contribution in [0.2, 0.25) is 0 Å². The molecule has 4 unspecified atom stereocenters. The van der Waals surface area contributed by atoms with Crippen LogP contribution in [0, 0.1) is 37.5 Å². The topological polar surface area (TPSA) is 0 Å². The summed E-state index contributed by atoms with van der Waals surface area (Å²) in [5.74, 6) is 3.73. The summed E-state index contributed by atoms with van der Waals surface area (Å²) in [6, 6.07) is 7.02. The zero-order valence-corrected chi connectivity index (χ0v) is 16.9. The summed E-state index contributed by atoms with van der Waals surface area (Å²) >= 11 is 0. The molecule has 1 aromatic rings. The van der Waals surface area contributed by atoms with Gasteiger partial charge in [-0.15, -0.1) is 0 Å². The molecule has 1 saturated carbocycles. The molecule has 1 fully saturated rings. The molecule has 136 valence electrons. The van der Waals surface area contributed by atoms with E-state index in [4.69, 9.17) is 0 Å². The Bertz CT molecular complexity index is 487. The lowest BCUT2D eigenvalue weighted by Gasteiger charge is -2.35. The molecule has 1 aromatic carbocycles. The van der Waals surface area contributed by atoms with Gasteiger partial charge in [0.1, 0.15) is 0 Å². The fraction of sp³-hybridized carbons (Fsp3) is 0.750. The van der Waals surface area contributed by atoms with Crippen LogP contribution in [0.5, 0.6) is 0 Å². The molecule has 0 heteroatoms. The Hall–Kier alpha value is -0.780. The molecule has 0 heterocycles. The van der Waals surface area contributed by atoms with E-state index in [9.17, 15) is 0 Å². The predicted molar refractivity (Wildman–Crippen MR) is 108 cm³/mol. The normalized spacial score (nSPS) is 25.6. The van der Waals surface area contributed by atoms with Crippen molar-refractivity contribution in [2.24, 2.45) is 23.7 Å². The largest absolute Gasteiger partial charge is 0.0654 e. The van der Waals surface area contributed by atoms with Crippen molar-refractivity contribution in [1.29, 1.82) is 0 Å². The number of rotatable bonds is 8. The number of unbranched alkanes of at least 4 members (excludes halogenated alkanes) is 2. The van der Waals surface area contributed by atoms with Gasteiger partial charge in [0, 0.05) is 0 Å². The van der Waals surface area contributed by atoms with Crippen LogP contribution in [-0.4, -0.2) is 0 Å². The van der Waals surface area contributed by atoms with Crippen molar-refractivity contribution >= 4 is 0 Å². The van der Waals surface area contributed by atoms with E-state index in [2.05, 4.69) is 52.8 Å². The van der Waals surface area contributed by atoms with Crippen molar-refractivity contribution < 1.29 is 0 Å². The van der Waals surface area contributed by atoms with Gasteiger partial charge in [-0.2, -0.15) is 0 Å². The lowest BCUT2D eigenvalue weighted by Crippen LogP contribution is -2.25. The van der Waals surface area contributed by atoms with E-state index in [1.54, 1.807) is 5.56 Å². The number of hydrogen-bond acceptors (Lipinski definition) is 0. The molecule has 0 saturated heterocycles. The van der Waals surface area contributed by atoms with Crippen LogP contribution in [-0.2, 0) is 6.42 Å². The zero-order chi connectivity index (χ0) is 17.5. The fourth-order valence-electron chi connectivity index (χ4n) is 4.72. The van der Waals surface area contributed by atoms with E-state index >= 15 is 0 Å². The second-order valence-electron chi connectivity index (χ2n) is 8.89. The van der Waals surface area contributed by atoms with Crippen LogP contribution in [0.15, 0.2) is 18.2 Å². The third-order valence-electron chi connectivity index (χ3n) is 6.49. The monoisotopic (exact) mass is 328 g/mol. The molecule has 0 radical (unpaired) electrons. The maximum absolute atomic E-state index is 2.51. The molecule has 24 heavy (non-hydrogen) atoms. The van der Waals surface area contributed by atoms with Crippen molar-refractivity contribution in [3.8, 4) is 0 Å². The van der Waals surface area contributed by atoms with Crippen LogP contribution < -0.4 is 0 Å². The first-order valence-electron chi connectivity index (χ1n) is 10.6. The van der Waals surface area contributed by atoms with Crippen LogP contribution in [0.1, 0.15) is 88.8 Å². The van der Waals surface area contributed by atoms with Crippen molar-refractivity contribution in [3.63, 3.8) is 0 Å². The third-order valence-corrected chi connectivity index (χ3v) is 6.49. The van der Waals surface area contributed by atoms with Crippen molar-refractivity contribution in [2.75, 3.05) is 0 Å². The molecule has 0 N–H and O–H groups in total. The minimum atomic E-state index is 0.884. The number of benzene rings is 1. The summed E-state index contributed by atoms with van der Waals surface area (Å²) in [6.07, 6.45) is 12.7. The highest BCUT2D eigenvalue weighted by Crippen LogP contribution is 2.39. The van der Waals surface area contributed by atoms with Gasteiger partial charge in [0.05, 0.1) is 0 Å². The van der Waals surface area contributed by atoms with Gasteiger partial charge in [0.15, 0.2) is 0 Å². The summed E-state index contributed by atoms with van der Waals surface area (Å²) < 4.78 is 0. The number of aryl methyl sites for hydroxylation is 2. The Morgan fingerprint density at radius 1 is 1.08 bits per heavy atom. The molecule has 4 atom stereocenters. The summed E-state index contributed by atoms with van der Waals surface area (Å²) in [5, 5.41) is 0. The maximum atomic E-state index is 2.51. The van der Waals surface area contributed by atoms with Gasteiger partial charge in [-0.25, -0.2) is 0 Å². The van der Waals surface area contributed by atoms with Gasteiger partial charge in [0.25, 0.3) is 0 Å². The first-order chi connectivity index (χ1) is 11.5. The molecule has 0 aromatic heterocycles. The molecule has 0 nitrogen and oxygen atoms in total. The zero-order valence-electron chi connectivity index (χ0n) is 16.9. The molecular formula is C24H40. The smallest absolute Gasteiger partial charge is 0.0248 e. The van der Waals surface area contributed by atoms with E-state index in [1.807, 2.05) is 0 Å². The molecule has 2 rings (SSSR count). The minimum Gasteiger partial charge on any atom is -0.0654 e. The molecule has 0 bridgehead atoms. The molecule has 1 aliphatic carbocycles. The Labute approximate surface area is 151 Å². The highest BCUT2D eigenvalue weighted by molar-refractivity contribution is 5.30. The van der Waals surface area contributed by atoms with Gasteiger partial charge >= 0.3 is 0 Å². The van der Waals surface area contributed by atoms with Crippen molar-refractivity contribution in [2.45, 2.75) is 92.4 Å². The third kappa shape index (κ3) is 5.94. The average Bonchev–Trinajstić information content (AvgIpc) is 2.54. The second kappa shape index (κ2) is 9.64. The van der Waals surface area contributed by atoms with Crippen molar-refractivity contribution in [1.82, 2.24) is 0 Å². The summed E-state index contributed by atoms with van der Waals surface area (Å²) in [6.45, 7) is 11.8. The quantitative estimate of drug-likeness (QED) is 0.433. The molecular weight excluding hydrogens is 288 g/mol. The summed E-state index contributed by atoms with van der Waals surface area (Å²) in [5.41, 5.74) is 4.52. The standard InChI is InChI=1S/C24H40/c1-6-7-8-9-22(16-23-14-18(2)10-12-20(23)4)17-24-15-19(3)11-13-21(24)5/h10,12,14,19,21-22,24H,6-9,11,13,15-17H2,1-5H3. The predicted octanol–water partition coefficient (Wildman–Crippen LogP) is 7.50. The first kappa shape index (κ1) is 19.5. The van der Waals surface area contributed by atoms with Crippen LogP contribution >= 0.6 is 0 Å². The highest BCUT2D eigenvalue weighted by Gasteiger charge is 2.27. The molecule has 0 spiro atoms. The summed E-state index contributed by atoms with van der Waals surface area (Å²) in [7, 11) is 0. The SMILES string of the molecule is CCCCCC(Cc1cc(C)ccc1C)CC1CC(C)CCC1C. The van der Waals surface area contributed by atoms with Crippen molar-refractivity contribution in [3.05, 3.63) is 34.9 Å². The lowest BCUT2D eigenvalue weighted by atomic mass is 9.70. The van der Waals surface area contributed by atoms with E-state index < -0.39 is 0 Å². The first-order valence-corrected chi connectivity index (χ1v) is 10.6. The fourth-order valence-corrected chi connectivity index (χ4v) is 4.72. The van der Waals surface area contributed by atoms with E-state index in [1.165, 1.54) is 68.9 Å². The van der Waals surface area contributed by atoms with Crippen LogP contribution in [0.4, 0.5) is 0 Å². The van der Waals surface area contributed by atoms with E-state index in [0.717, 1.165) is 23.7 Å². The lowest BCUT2D eigenvalue weighted by molar-refractivity contribution is 0.166. The average molecular weight is 329 g/mol. The Morgan fingerprint density at radius 3 is 2.62 bits per heavy atom. The summed E-state index contributed by atoms with van der Waals surface area (Å²) in [4.78, 5) is 0. The maximum Gasteiger partial charge on any atom is -0.0248 e. The van der Waals surface area contributed by atoms with E-state index in [0.29, 0.717) is 0 Å². The Morgan fingerprint density at radius 2 is 1.88 bits per heavy atom. The molecule has 0 aliphatic heterocycles. The Kier molecular flexibility index (Phi) is 7.85. The van der Waals surface area contributed by atoms with Gasteiger partial charge in [0.2, 0.25) is 0 Å². The molecule has 1 aliphatic rings. The molecule has 0 amide bonds. The number of hydrogen-bond donors (Lipinski definition) is 0. The highest BCUT2D eigenvalue weighted by atomic mass is 14.3. The van der Waals surface area contributed by atoms with Gasteiger partial charge < -0.3 is 0 Å².